The molecule has 8 nitrogen and oxygen atoms in total. The number of esters is 2. The number of Topliss-reactive ketones (excluding diaryl/α,β-unsaturated/α-hetero) is 1. The fourth-order valence-electron chi connectivity index (χ4n) is 2.54. The van der Waals surface area contributed by atoms with Gasteiger partial charge in [-0.1, -0.05) is 30.3 Å². The van der Waals surface area contributed by atoms with Gasteiger partial charge in [-0.25, -0.2) is 9.59 Å². The van der Waals surface area contributed by atoms with Gasteiger partial charge >= 0.3 is 11.9 Å². The second-order valence-corrected chi connectivity index (χ2v) is 6.36. The highest BCUT2D eigenvalue weighted by atomic mass is 16.6. The van der Waals surface area contributed by atoms with E-state index >= 15 is 0 Å². The lowest BCUT2D eigenvalue weighted by Gasteiger charge is -2.16. The zero-order valence-electron chi connectivity index (χ0n) is 16.8. The molecule has 2 aromatic carbocycles. The summed E-state index contributed by atoms with van der Waals surface area (Å²) in [4.78, 5) is 47.0. The second kappa shape index (κ2) is 11.4. The Labute approximate surface area is 174 Å². The van der Waals surface area contributed by atoms with Gasteiger partial charge in [0.2, 0.25) is 0 Å². The van der Waals surface area contributed by atoms with Crippen LogP contribution in [-0.4, -0.2) is 50.0 Å². The number of methoxy groups -OCH3 is 1. The summed E-state index contributed by atoms with van der Waals surface area (Å²) in [6, 6.07) is 14.5. The summed E-state index contributed by atoms with van der Waals surface area (Å²) in [5, 5.41) is 2.50. The molecule has 0 aliphatic rings. The van der Waals surface area contributed by atoms with Gasteiger partial charge in [0.25, 0.3) is 5.91 Å². The van der Waals surface area contributed by atoms with Crippen LogP contribution in [0.25, 0.3) is 0 Å². The number of hydrogen-bond acceptors (Lipinski definition) is 7. The van der Waals surface area contributed by atoms with Gasteiger partial charge < -0.3 is 19.5 Å². The molecule has 0 saturated carbocycles. The molecule has 1 N–H and O–H groups in total. The number of carbonyl (C=O) groups excluding carboxylic acids is 4. The Morgan fingerprint density at radius 3 is 2.20 bits per heavy atom. The number of ketones is 1. The number of ether oxygens (including phenoxy) is 3. The van der Waals surface area contributed by atoms with Crippen molar-refractivity contribution in [3.05, 3.63) is 65.7 Å². The SMILES string of the molecule is COC(=O)[C@H](Cc1ccccc1)NC(=O)COC(=O)COc1ccc(C(C)=O)cc1. The van der Waals surface area contributed by atoms with E-state index in [0.717, 1.165) is 5.56 Å². The Balaban J connectivity index is 1.79. The van der Waals surface area contributed by atoms with Crippen molar-refractivity contribution in [2.75, 3.05) is 20.3 Å². The number of carbonyl (C=O) groups is 4. The van der Waals surface area contributed by atoms with Crippen LogP contribution in [0.2, 0.25) is 0 Å². The maximum absolute atomic E-state index is 12.1. The summed E-state index contributed by atoms with van der Waals surface area (Å²) in [5.74, 6) is -1.69. The summed E-state index contributed by atoms with van der Waals surface area (Å²) in [6.45, 7) is 0.480. The monoisotopic (exact) mass is 413 g/mol. The molecule has 0 heterocycles. The predicted octanol–water partition coefficient (Wildman–Crippen LogP) is 1.71. The zero-order chi connectivity index (χ0) is 21.9. The van der Waals surface area contributed by atoms with Crippen molar-refractivity contribution in [1.29, 1.82) is 0 Å². The number of amides is 1. The summed E-state index contributed by atoms with van der Waals surface area (Å²) in [7, 11) is 1.23. The second-order valence-electron chi connectivity index (χ2n) is 6.36. The molecule has 0 aliphatic carbocycles. The van der Waals surface area contributed by atoms with Crippen LogP contribution in [0.3, 0.4) is 0 Å². The lowest BCUT2D eigenvalue weighted by Crippen LogP contribution is -2.44. The molecule has 0 fully saturated rings. The largest absolute Gasteiger partial charge is 0.482 e. The molecule has 2 aromatic rings. The van der Waals surface area contributed by atoms with Crippen molar-refractivity contribution in [2.45, 2.75) is 19.4 Å². The van der Waals surface area contributed by atoms with E-state index in [4.69, 9.17) is 14.2 Å². The highest BCUT2D eigenvalue weighted by Gasteiger charge is 2.22. The third-order valence-electron chi connectivity index (χ3n) is 4.09. The molecular weight excluding hydrogens is 390 g/mol. The quantitative estimate of drug-likeness (QED) is 0.467. The third kappa shape index (κ3) is 7.38. The number of benzene rings is 2. The Morgan fingerprint density at radius 1 is 0.933 bits per heavy atom. The van der Waals surface area contributed by atoms with Gasteiger partial charge in [0.15, 0.2) is 19.0 Å². The standard InChI is InChI=1S/C22H23NO7/c1-15(24)17-8-10-18(11-9-17)29-14-21(26)30-13-20(25)23-19(22(27)28-2)12-16-6-4-3-5-7-16/h3-11,19H,12-14H2,1-2H3,(H,23,25)/t19-/m0/s1. The Morgan fingerprint density at radius 2 is 1.60 bits per heavy atom. The lowest BCUT2D eigenvalue weighted by molar-refractivity contribution is -0.151. The maximum atomic E-state index is 12.1. The molecule has 0 aliphatic heterocycles. The topological polar surface area (TPSA) is 108 Å². The van der Waals surface area contributed by atoms with Crippen LogP contribution >= 0.6 is 0 Å². The van der Waals surface area contributed by atoms with E-state index in [0.29, 0.717) is 11.3 Å². The molecular formula is C22H23NO7. The van der Waals surface area contributed by atoms with Crippen molar-refractivity contribution < 1.29 is 33.4 Å². The fourth-order valence-corrected chi connectivity index (χ4v) is 2.54. The van der Waals surface area contributed by atoms with Gasteiger partial charge in [-0.3, -0.25) is 9.59 Å². The van der Waals surface area contributed by atoms with Crippen LogP contribution in [0.15, 0.2) is 54.6 Å². The number of rotatable bonds is 10. The van der Waals surface area contributed by atoms with E-state index in [1.807, 2.05) is 30.3 Å². The average Bonchev–Trinajstić information content (AvgIpc) is 2.76. The van der Waals surface area contributed by atoms with Crippen molar-refractivity contribution in [3.63, 3.8) is 0 Å². The summed E-state index contributed by atoms with van der Waals surface area (Å²) in [6.07, 6.45) is 0.243. The molecule has 0 saturated heterocycles. The number of hydrogen-bond donors (Lipinski definition) is 1. The first-order chi connectivity index (χ1) is 14.4. The highest BCUT2D eigenvalue weighted by molar-refractivity contribution is 5.94. The molecule has 0 radical (unpaired) electrons. The van der Waals surface area contributed by atoms with Crippen molar-refractivity contribution in [2.24, 2.45) is 0 Å². The molecule has 0 spiro atoms. The molecule has 0 aromatic heterocycles. The average molecular weight is 413 g/mol. The minimum absolute atomic E-state index is 0.0792. The van der Waals surface area contributed by atoms with E-state index in [-0.39, 0.29) is 12.2 Å². The van der Waals surface area contributed by atoms with Gasteiger partial charge in [0.05, 0.1) is 7.11 Å². The first-order valence-corrected chi connectivity index (χ1v) is 9.19. The molecule has 8 heteroatoms. The van der Waals surface area contributed by atoms with Crippen molar-refractivity contribution in [1.82, 2.24) is 5.32 Å². The number of nitrogens with one attached hydrogen (secondary N) is 1. The zero-order valence-corrected chi connectivity index (χ0v) is 16.8. The van der Waals surface area contributed by atoms with E-state index in [1.54, 1.807) is 24.3 Å². The van der Waals surface area contributed by atoms with Crippen LogP contribution in [-0.2, 0) is 30.3 Å². The minimum Gasteiger partial charge on any atom is -0.482 e. The molecule has 158 valence electrons. The Kier molecular flexibility index (Phi) is 8.56. The first-order valence-electron chi connectivity index (χ1n) is 9.19. The molecule has 2 rings (SSSR count). The molecule has 30 heavy (non-hydrogen) atoms. The highest BCUT2D eigenvalue weighted by Crippen LogP contribution is 2.12. The Bertz CT molecular complexity index is 878. The first kappa shape index (κ1) is 22.6. The van der Waals surface area contributed by atoms with Gasteiger partial charge in [0, 0.05) is 12.0 Å². The Hall–Kier alpha value is -3.68. The summed E-state index contributed by atoms with van der Waals surface area (Å²) >= 11 is 0. The van der Waals surface area contributed by atoms with Gasteiger partial charge in [-0.05, 0) is 36.8 Å². The molecule has 1 atom stereocenters. The minimum atomic E-state index is -0.903. The van der Waals surface area contributed by atoms with E-state index < -0.39 is 37.1 Å². The smallest absolute Gasteiger partial charge is 0.344 e. The van der Waals surface area contributed by atoms with Crippen LogP contribution in [0.1, 0.15) is 22.8 Å². The van der Waals surface area contributed by atoms with E-state index in [9.17, 15) is 19.2 Å². The molecule has 0 unspecified atom stereocenters. The van der Waals surface area contributed by atoms with Gasteiger partial charge in [0.1, 0.15) is 11.8 Å². The summed E-state index contributed by atoms with van der Waals surface area (Å²) in [5.41, 5.74) is 1.37. The van der Waals surface area contributed by atoms with Gasteiger partial charge in [-0.15, -0.1) is 0 Å². The van der Waals surface area contributed by atoms with Crippen LogP contribution in [0.4, 0.5) is 0 Å². The van der Waals surface area contributed by atoms with Crippen molar-refractivity contribution in [3.8, 4) is 5.75 Å². The fraction of sp³-hybridized carbons (Fsp3) is 0.273. The van der Waals surface area contributed by atoms with Crippen LogP contribution in [0, 0.1) is 0 Å². The van der Waals surface area contributed by atoms with E-state index in [2.05, 4.69) is 5.32 Å². The lowest BCUT2D eigenvalue weighted by atomic mass is 10.1. The van der Waals surface area contributed by atoms with Gasteiger partial charge in [-0.2, -0.15) is 0 Å². The van der Waals surface area contributed by atoms with E-state index in [1.165, 1.54) is 14.0 Å². The maximum Gasteiger partial charge on any atom is 0.344 e. The van der Waals surface area contributed by atoms with Crippen LogP contribution < -0.4 is 10.1 Å². The van der Waals surface area contributed by atoms with Crippen LogP contribution in [0.5, 0.6) is 5.75 Å². The normalized spacial score (nSPS) is 11.1. The molecule has 0 bridgehead atoms. The predicted molar refractivity (Wildman–Crippen MR) is 107 cm³/mol. The third-order valence-corrected chi connectivity index (χ3v) is 4.09. The van der Waals surface area contributed by atoms with Crippen molar-refractivity contribution >= 4 is 23.6 Å². The summed E-state index contributed by atoms with van der Waals surface area (Å²) < 4.78 is 14.8. The molecule has 1 amide bonds.